The zero-order valence-electron chi connectivity index (χ0n) is 13.0. The van der Waals surface area contributed by atoms with Gasteiger partial charge in [-0.1, -0.05) is 23.9 Å². The van der Waals surface area contributed by atoms with Crippen LogP contribution in [0, 0.1) is 0 Å². The minimum absolute atomic E-state index is 0.143. The summed E-state index contributed by atoms with van der Waals surface area (Å²) in [5.74, 6) is 1.51. The molecule has 118 valence electrons. The fraction of sp³-hybridized carbons (Fsp3) is 0.438. The van der Waals surface area contributed by atoms with E-state index in [1.165, 1.54) is 0 Å². The van der Waals surface area contributed by atoms with E-state index in [4.69, 9.17) is 4.74 Å². The van der Waals surface area contributed by atoms with Crippen LogP contribution in [0.1, 0.15) is 26.7 Å². The van der Waals surface area contributed by atoms with Crippen LogP contribution in [0.2, 0.25) is 0 Å². The summed E-state index contributed by atoms with van der Waals surface area (Å²) in [4.78, 5) is 20.4. The van der Waals surface area contributed by atoms with Gasteiger partial charge in [-0.05, 0) is 32.4 Å². The normalized spacial score (nSPS) is 10.6. The molecule has 0 saturated heterocycles. The van der Waals surface area contributed by atoms with Gasteiger partial charge in [0.05, 0.1) is 12.1 Å². The second kappa shape index (κ2) is 8.58. The highest BCUT2D eigenvalue weighted by Gasteiger charge is 2.08. The van der Waals surface area contributed by atoms with E-state index in [0.717, 1.165) is 40.6 Å². The van der Waals surface area contributed by atoms with Gasteiger partial charge in [0.15, 0.2) is 5.16 Å². The molecule has 6 heteroatoms. The molecular formula is C16H21N3O2S. The average molecular weight is 319 g/mol. The number of nitrogens with one attached hydrogen (secondary N) is 1. The minimum atomic E-state index is -0.143. The van der Waals surface area contributed by atoms with E-state index in [1.807, 2.05) is 38.1 Å². The number of nitrogens with zero attached hydrogens (tertiary/aromatic N) is 2. The molecule has 1 heterocycles. The largest absolute Gasteiger partial charge is 0.466 e. The summed E-state index contributed by atoms with van der Waals surface area (Å²) in [5.41, 5.74) is 0.932. The molecule has 5 nitrogen and oxygen atoms in total. The van der Waals surface area contributed by atoms with Crippen LogP contribution in [0.25, 0.3) is 10.9 Å². The van der Waals surface area contributed by atoms with Gasteiger partial charge in [0, 0.05) is 24.1 Å². The number of carbonyl (C=O) groups is 1. The van der Waals surface area contributed by atoms with E-state index in [2.05, 4.69) is 15.3 Å². The number of ether oxygens (including phenoxy) is 1. The molecule has 22 heavy (non-hydrogen) atoms. The van der Waals surface area contributed by atoms with Gasteiger partial charge in [-0.25, -0.2) is 9.97 Å². The summed E-state index contributed by atoms with van der Waals surface area (Å²) in [6.45, 7) is 5.11. The molecule has 2 aromatic rings. The molecule has 1 N–H and O–H groups in total. The lowest BCUT2D eigenvalue weighted by molar-refractivity contribution is -0.143. The maximum atomic E-state index is 11.3. The first-order valence-electron chi connectivity index (χ1n) is 7.53. The molecule has 0 saturated carbocycles. The van der Waals surface area contributed by atoms with Crippen molar-refractivity contribution in [2.75, 3.05) is 24.2 Å². The lowest BCUT2D eigenvalue weighted by Crippen LogP contribution is -2.04. The Balaban J connectivity index is 2.00. The first kappa shape index (κ1) is 16.5. The maximum absolute atomic E-state index is 11.3. The van der Waals surface area contributed by atoms with Crippen LogP contribution in [-0.4, -0.2) is 34.8 Å². The first-order valence-corrected chi connectivity index (χ1v) is 8.52. The molecule has 0 atom stereocenters. The predicted octanol–water partition coefficient (Wildman–Crippen LogP) is 3.50. The number of carbonyl (C=O) groups excluding carboxylic acids is 1. The molecule has 2 rings (SSSR count). The lowest BCUT2D eigenvalue weighted by Gasteiger charge is -2.09. The topological polar surface area (TPSA) is 64.1 Å². The van der Waals surface area contributed by atoms with Crippen molar-refractivity contribution in [2.24, 2.45) is 0 Å². The summed E-state index contributed by atoms with van der Waals surface area (Å²) in [5, 5.41) is 5.04. The molecule has 0 aliphatic carbocycles. The van der Waals surface area contributed by atoms with Crippen molar-refractivity contribution in [1.82, 2.24) is 9.97 Å². The Morgan fingerprint density at radius 1 is 1.27 bits per heavy atom. The van der Waals surface area contributed by atoms with Crippen molar-refractivity contribution in [3.63, 3.8) is 0 Å². The zero-order chi connectivity index (χ0) is 15.8. The van der Waals surface area contributed by atoms with Gasteiger partial charge in [0.25, 0.3) is 0 Å². The van der Waals surface area contributed by atoms with E-state index in [1.54, 1.807) is 11.8 Å². The third-order valence-electron chi connectivity index (χ3n) is 2.99. The molecule has 1 aromatic heterocycles. The van der Waals surface area contributed by atoms with Crippen molar-refractivity contribution in [3.05, 3.63) is 24.3 Å². The Morgan fingerprint density at radius 3 is 2.86 bits per heavy atom. The molecule has 0 bridgehead atoms. The fourth-order valence-corrected chi connectivity index (χ4v) is 2.83. The van der Waals surface area contributed by atoms with E-state index in [9.17, 15) is 4.79 Å². The zero-order valence-corrected chi connectivity index (χ0v) is 13.8. The number of fused-ring (bicyclic) bond motifs is 1. The number of hydrogen-bond acceptors (Lipinski definition) is 6. The predicted molar refractivity (Wildman–Crippen MR) is 90.3 cm³/mol. The average Bonchev–Trinajstić information content (AvgIpc) is 2.52. The van der Waals surface area contributed by atoms with Crippen molar-refractivity contribution in [2.45, 2.75) is 31.8 Å². The highest BCUT2D eigenvalue weighted by molar-refractivity contribution is 7.99. The Morgan fingerprint density at radius 2 is 2.09 bits per heavy atom. The van der Waals surface area contributed by atoms with Crippen LogP contribution in [-0.2, 0) is 9.53 Å². The van der Waals surface area contributed by atoms with Gasteiger partial charge in [-0.2, -0.15) is 0 Å². The molecule has 0 unspecified atom stereocenters. The Hall–Kier alpha value is -1.82. The Bertz CT molecular complexity index is 634. The Kier molecular flexibility index (Phi) is 6.45. The number of rotatable bonds is 8. The molecular weight excluding hydrogens is 298 g/mol. The van der Waals surface area contributed by atoms with E-state index >= 15 is 0 Å². The second-order valence-corrected chi connectivity index (χ2v) is 5.72. The van der Waals surface area contributed by atoms with Crippen LogP contribution in [0.3, 0.4) is 0 Å². The van der Waals surface area contributed by atoms with Gasteiger partial charge in [-0.15, -0.1) is 0 Å². The summed E-state index contributed by atoms with van der Waals surface area (Å²) >= 11 is 1.57. The monoisotopic (exact) mass is 319 g/mol. The summed E-state index contributed by atoms with van der Waals surface area (Å²) in [6.07, 6.45) is 1.20. The molecule has 0 amide bonds. The fourth-order valence-electron chi connectivity index (χ4n) is 2.04. The molecule has 0 radical (unpaired) electrons. The minimum Gasteiger partial charge on any atom is -0.466 e. The number of esters is 1. The smallest absolute Gasteiger partial charge is 0.305 e. The summed E-state index contributed by atoms with van der Waals surface area (Å²) in [7, 11) is 0. The van der Waals surface area contributed by atoms with E-state index in [-0.39, 0.29) is 5.97 Å². The standard InChI is InChI=1S/C16H21N3O2S/c1-3-17-15-12-8-5-6-9-13(12)18-16(19-15)22-11-7-10-14(20)21-4-2/h5-6,8-9H,3-4,7,10-11H2,1-2H3,(H,17,18,19). The number of thioether (sulfide) groups is 1. The van der Waals surface area contributed by atoms with Gasteiger partial charge < -0.3 is 10.1 Å². The third-order valence-corrected chi connectivity index (χ3v) is 3.92. The quantitative estimate of drug-likeness (QED) is 0.348. The van der Waals surface area contributed by atoms with Crippen LogP contribution < -0.4 is 5.32 Å². The van der Waals surface area contributed by atoms with Crippen LogP contribution in [0.15, 0.2) is 29.4 Å². The van der Waals surface area contributed by atoms with Gasteiger partial charge in [0.1, 0.15) is 5.82 Å². The number of aromatic nitrogens is 2. The molecule has 1 aromatic carbocycles. The van der Waals surface area contributed by atoms with Crippen molar-refractivity contribution in [1.29, 1.82) is 0 Å². The van der Waals surface area contributed by atoms with E-state index in [0.29, 0.717) is 13.0 Å². The highest BCUT2D eigenvalue weighted by Crippen LogP contribution is 2.24. The lowest BCUT2D eigenvalue weighted by atomic mass is 10.2. The van der Waals surface area contributed by atoms with Crippen molar-refractivity contribution in [3.8, 4) is 0 Å². The number of anilines is 1. The highest BCUT2D eigenvalue weighted by atomic mass is 32.2. The molecule has 0 spiro atoms. The van der Waals surface area contributed by atoms with Gasteiger partial charge in [-0.3, -0.25) is 4.79 Å². The SMILES string of the molecule is CCNc1nc(SCCCC(=O)OCC)nc2ccccc12. The molecule has 0 fully saturated rings. The van der Waals surface area contributed by atoms with Crippen LogP contribution in [0.4, 0.5) is 5.82 Å². The van der Waals surface area contributed by atoms with Crippen molar-refractivity contribution >= 4 is 34.5 Å². The molecule has 0 aliphatic rings. The maximum Gasteiger partial charge on any atom is 0.305 e. The number of hydrogen-bond donors (Lipinski definition) is 1. The number of benzene rings is 1. The van der Waals surface area contributed by atoms with Gasteiger partial charge in [0.2, 0.25) is 0 Å². The van der Waals surface area contributed by atoms with Crippen LogP contribution in [0.5, 0.6) is 0 Å². The van der Waals surface area contributed by atoms with Crippen molar-refractivity contribution < 1.29 is 9.53 Å². The second-order valence-electron chi connectivity index (χ2n) is 4.66. The molecule has 0 aliphatic heterocycles. The Labute approximate surface area is 134 Å². The van der Waals surface area contributed by atoms with Crippen LogP contribution >= 0.6 is 11.8 Å². The summed E-state index contributed by atoms with van der Waals surface area (Å²) in [6, 6.07) is 7.96. The van der Waals surface area contributed by atoms with E-state index < -0.39 is 0 Å². The van der Waals surface area contributed by atoms with Gasteiger partial charge >= 0.3 is 5.97 Å². The third kappa shape index (κ3) is 4.59. The summed E-state index contributed by atoms with van der Waals surface area (Å²) < 4.78 is 4.91. The number of para-hydroxylation sites is 1. The first-order chi connectivity index (χ1) is 10.7.